The fourth-order valence-corrected chi connectivity index (χ4v) is 1.49. The van der Waals surface area contributed by atoms with E-state index in [2.05, 4.69) is 0 Å². The van der Waals surface area contributed by atoms with Crippen molar-refractivity contribution in [3.63, 3.8) is 0 Å². The number of ketones is 1. The lowest BCUT2D eigenvalue weighted by Gasteiger charge is -2.03. The molecule has 3 heteroatoms. The summed E-state index contributed by atoms with van der Waals surface area (Å²) in [5, 5.41) is 0. The average Bonchev–Trinajstić information content (AvgIpc) is 2.69. The summed E-state index contributed by atoms with van der Waals surface area (Å²) < 4.78 is 4.88. The lowest BCUT2D eigenvalue weighted by atomic mass is 10.0. The summed E-state index contributed by atoms with van der Waals surface area (Å²) in [6.45, 7) is 1.86. The predicted octanol–water partition coefficient (Wildman–Crippen LogP) is 2.40. The molecule has 2 aromatic rings. The van der Waals surface area contributed by atoms with E-state index in [1.54, 1.807) is 24.3 Å². The number of anilines is 1. The molecule has 0 bridgehead atoms. The van der Waals surface area contributed by atoms with Gasteiger partial charge in [-0.05, 0) is 36.8 Å². The molecule has 0 spiro atoms. The number of hydrogen-bond acceptors (Lipinski definition) is 3. The summed E-state index contributed by atoms with van der Waals surface area (Å²) in [5.41, 5.74) is 8.37. The molecule has 1 aromatic carbocycles. The zero-order valence-corrected chi connectivity index (χ0v) is 8.36. The SMILES string of the molecule is Cc1cc(N)ccc1C(=O)c1ccoc1. The van der Waals surface area contributed by atoms with E-state index in [9.17, 15) is 4.79 Å². The van der Waals surface area contributed by atoms with Gasteiger partial charge in [-0.3, -0.25) is 4.79 Å². The minimum Gasteiger partial charge on any atom is -0.472 e. The molecule has 0 aliphatic heterocycles. The van der Waals surface area contributed by atoms with E-state index in [1.165, 1.54) is 12.5 Å². The van der Waals surface area contributed by atoms with Crippen LogP contribution in [0.25, 0.3) is 0 Å². The smallest absolute Gasteiger partial charge is 0.196 e. The van der Waals surface area contributed by atoms with Gasteiger partial charge in [-0.1, -0.05) is 0 Å². The van der Waals surface area contributed by atoms with Crippen molar-refractivity contribution < 1.29 is 9.21 Å². The van der Waals surface area contributed by atoms with Gasteiger partial charge >= 0.3 is 0 Å². The van der Waals surface area contributed by atoms with Gasteiger partial charge in [0.25, 0.3) is 0 Å². The Morgan fingerprint density at radius 1 is 1.33 bits per heavy atom. The molecule has 0 saturated heterocycles. The standard InChI is InChI=1S/C12H11NO2/c1-8-6-10(13)2-3-11(8)12(14)9-4-5-15-7-9/h2-7H,13H2,1H3. The van der Waals surface area contributed by atoms with Crippen LogP contribution < -0.4 is 5.73 Å². The zero-order valence-electron chi connectivity index (χ0n) is 8.36. The van der Waals surface area contributed by atoms with Gasteiger partial charge < -0.3 is 10.2 Å². The molecule has 0 radical (unpaired) electrons. The quantitative estimate of drug-likeness (QED) is 0.599. The van der Waals surface area contributed by atoms with Crippen molar-refractivity contribution in [2.45, 2.75) is 6.92 Å². The lowest BCUT2D eigenvalue weighted by molar-refractivity contribution is 0.103. The molecule has 15 heavy (non-hydrogen) atoms. The number of rotatable bonds is 2. The third-order valence-electron chi connectivity index (χ3n) is 2.28. The van der Waals surface area contributed by atoms with Crippen molar-refractivity contribution in [3.8, 4) is 0 Å². The van der Waals surface area contributed by atoms with Crippen LogP contribution >= 0.6 is 0 Å². The van der Waals surface area contributed by atoms with Crippen LogP contribution in [0.1, 0.15) is 21.5 Å². The minimum absolute atomic E-state index is 0.0405. The van der Waals surface area contributed by atoms with Gasteiger partial charge in [0, 0.05) is 11.3 Å². The number of hydrogen-bond donors (Lipinski definition) is 1. The van der Waals surface area contributed by atoms with Crippen molar-refractivity contribution in [1.29, 1.82) is 0 Å². The fraction of sp³-hybridized carbons (Fsp3) is 0.0833. The van der Waals surface area contributed by atoms with E-state index in [-0.39, 0.29) is 5.78 Å². The van der Waals surface area contributed by atoms with Crippen LogP contribution in [-0.4, -0.2) is 5.78 Å². The van der Waals surface area contributed by atoms with Crippen molar-refractivity contribution in [2.75, 3.05) is 5.73 Å². The molecule has 0 amide bonds. The Hall–Kier alpha value is -2.03. The Balaban J connectivity index is 2.42. The summed E-state index contributed by atoms with van der Waals surface area (Å²) in [6.07, 6.45) is 2.93. The Morgan fingerprint density at radius 3 is 2.73 bits per heavy atom. The summed E-state index contributed by atoms with van der Waals surface area (Å²) in [4.78, 5) is 11.9. The molecule has 0 unspecified atom stereocenters. The fourth-order valence-electron chi connectivity index (χ4n) is 1.49. The highest BCUT2D eigenvalue weighted by Gasteiger charge is 2.12. The Labute approximate surface area is 87.5 Å². The van der Waals surface area contributed by atoms with E-state index < -0.39 is 0 Å². The van der Waals surface area contributed by atoms with Crippen LogP contribution in [-0.2, 0) is 0 Å². The van der Waals surface area contributed by atoms with Crippen LogP contribution in [0.3, 0.4) is 0 Å². The molecule has 1 aromatic heterocycles. The van der Waals surface area contributed by atoms with Crippen LogP contribution in [0.5, 0.6) is 0 Å². The number of nitrogens with two attached hydrogens (primary N) is 1. The molecule has 0 saturated carbocycles. The van der Waals surface area contributed by atoms with E-state index in [0.717, 1.165) is 5.56 Å². The molecule has 76 valence electrons. The highest BCUT2D eigenvalue weighted by molar-refractivity contribution is 6.09. The minimum atomic E-state index is -0.0405. The topological polar surface area (TPSA) is 56.2 Å². The van der Waals surface area contributed by atoms with Crippen molar-refractivity contribution in [2.24, 2.45) is 0 Å². The van der Waals surface area contributed by atoms with Crippen LogP contribution in [0, 0.1) is 6.92 Å². The van der Waals surface area contributed by atoms with Crippen molar-refractivity contribution in [3.05, 3.63) is 53.5 Å². The van der Waals surface area contributed by atoms with Crippen molar-refractivity contribution in [1.82, 2.24) is 0 Å². The number of benzene rings is 1. The second-order valence-corrected chi connectivity index (χ2v) is 3.42. The van der Waals surface area contributed by atoms with Crippen LogP contribution in [0.4, 0.5) is 5.69 Å². The van der Waals surface area contributed by atoms with Gasteiger partial charge in [0.15, 0.2) is 5.78 Å². The molecule has 0 aliphatic rings. The first-order valence-corrected chi connectivity index (χ1v) is 4.61. The third kappa shape index (κ3) is 1.76. The molecule has 3 nitrogen and oxygen atoms in total. The molecule has 2 rings (SSSR count). The maximum absolute atomic E-state index is 11.9. The second kappa shape index (κ2) is 3.61. The first-order chi connectivity index (χ1) is 7.18. The molecular formula is C12H11NO2. The predicted molar refractivity (Wildman–Crippen MR) is 57.7 cm³/mol. The Morgan fingerprint density at radius 2 is 2.13 bits per heavy atom. The van der Waals surface area contributed by atoms with E-state index in [1.807, 2.05) is 6.92 Å². The molecule has 0 aliphatic carbocycles. The van der Waals surface area contributed by atoms with E-state index >= 15 is 0 Å². The summed E-state index contributed by atoms with van der Waals surface area (Å²) in [7, 11) is 0. The Kier molecular flexibility index (Phi) is 2.29. The zero-order chi connectivity index (χ0) is 10.8. The lowest BCUT2D eigenvalue weighted by Crippen LogP contribution is -2.02. The first kappa shape index (κ1) is 9.52. The largest absolute Gasteiger partial charge is 0.472 e. The van der Waals surface area contributed by atoms with Gasteiger partial charge in [-0.15, -0.1) is 0 Å². The number of carbonyl (C=O) groups excluding carboxylic acids is 1. The second-order valence-electron chi connectivity index (χ2n) is 3.42. The van der Waals surface area contributed by atoms with Gasteiger partial charge in [0.05, 0.1) is 11.8 Å². The van der Waals surface area contributed by atoms with Crippen LogP contribution in [0.2, 0.25) is 0 Å². The highest BCUT2D eigenvalue weighted by atomic mass is 16.3. The van der Waals surface area contributed by atoms with Gasteiger partial charge in [0.1, 0.15) is 6.26 Å². The molecule has 2 N–H and O–H groups in total. The first-order valence-electron chi connectivity index (χ1n) is 4.61. The summed E-state index contributed by atoms with van der Waals surface area (Å²) >= 11 is 0. The average molecular weight is 201 g/mol. The highest BCUT2D eigenvalue weighted by Crippen LogP contribution is 2.16. The van der Waals surface area contributed by atoms with Gasteiger partial charge in [-0.2, -0.15) is 0 Å². The van der Waals surface area contributed by atoms with Gasteiger partial charge in [-0.25, -0.2) is 0 Å². The summed E-state index contributed by atoms with van der Waals surface area (Å²) in [6, 6.07) is 6.89. The monoisotopic (exact) mass is 201 g/mol. The summed E-state index contributed by atoms with van der Waals surface area (Å²) in [5.74, 6) is -0.0405. The molecule has 0 fully saturated rings. The number of nitrogen functional groups attached to an aromatic ring is 1. The number of carbonyl (C=O) groups is 1. The maximum atomic E-state index is 11.9. The molecule has 0 atom stereocenters. The van der Waals surface area contributed by atoms with E-state index in [0.29, 0.717) is 16.8 Å². The van der Waals surface area contributed by atoms with E-state index in [4.69, 9.17) is 10.2 Å². The van der Waals surface area contributed by atoms with Gasteiger partial charge in [0.2, 0.25) is 0 Å². The molecule has 1 heterocycles. The maximum Gasteiger partial charge on any atom is 0.196 e. The number of furan rings is 1. The van der Waals surface area contributed by atoms with Crippen LogP contribution in [0.15, 0.2) is 41.2 Å². The number of aryl methyl sites for hydroxylation is 1. The molecular weight excluding hydrogens is 190 g/mol. The Bertz CT molecular complexity index is 486. The normalized spacial score (nSPS) is 10.2. The third-order valence-corrected chi connectivity index (χ3v) is 2.28. The van der Waals surface area contributed by atoms with Crippen molar-refractivity contribution >= 4 is 11.5 Å².